The van der Waals surface area contributed by atoms with Crippen molar-refractivity contribution in [2.24, 2.45) is 0 Å². The molecule has 0 N–H and O–H groups in total. The predicted molar refractivity (Wildman–Crippen MR) is 50.3 cm³/mol. The minimum absolute atomic E-state index is 0.121. The molecule has 0 spiro atoms. The molecule has 0 bridgehead atoms. The van der Waals surface area contributed by atoms with Crippen LogP contribution in [0.3, 0.4) is 0 Å². The molecule has 1 aromatic carbocycles. The van der Waals surface area contributed by atoms with Crippen molar-refractivity contribution in [3.63, 3.8) is 0 Å². The maximum atomic E-state index is 13.2. The highest BCUT2D eigenvalue weighted by Crippen LogP contribution is 2.11. The van der Waals surface area contributed by atoms with Gasteiger partial charge in [0, 0.05) is 5.56 Å². The molecule has 13 heavy (non-hydrogen) atoms. The van der Waals surface area contributed by atoms with Gasteiger partial charge < -0.3 is 0 Å². The van der Waals surface area contributed by atoms with E-state index in [9.17, 15) is 9.18 Å². The summed E-state index contributed by atoms with van der Waals surface area (Å²) in [4.78, 5) is 10.9. The molecule has 0 unspecified atom stereocenters. The Bertz CT molecular complexity index is 342. The fourth-order valence-electron chi connectivity index (χ4n) is 1.09. The fourth-order valence-corrected chi connectivity index (χ4v) is 1.09. The van der Waals surface area contributed by atoms with Crippen LogP contribution in [0, 0.1) is 5.82 Å². The van der Waals surface area contributed by atoms with E-state index in [0.717, 1.165) is 0 Å². The largest absolute Gasteiger partial charge is 0.295 e. The van der Waals surface area contributed by atoms with Crippen LogP contribution in [0.4, 0.5) is 4.39 Å². The first kappa shape index (κ1) is 9.65. The molecule has 0 fully saturated rings. The fraction of sp³-hybridized carbons (Fsp3) is 0.182. The lowest BCUT2D eigenvalue weighted by atomic mass is 10.1. The normalized spacial score (nSPS) is 9.69. The van der Waals surface area contributed by atoms with Gasteiger partial charge in [0.1, 0.15) is 5.82 Å². The van der Waals surface area contributed by atoms with E-state index in [1.54, 1.807) is 18.2 Å². The highest BCUT2D eigenvalue weighted by Gasteiger charge is 2.04. The Kier molecular flexibility index (Phi) is 2.96. The van der Waals surface area contributed by atoms with E-state index >= 15 is 0 Å². The maximum Gasteiger partial charge on any atom is 0.159 e. The summed E-state index contributed by atoms with van der Waals surface area (Å²) in [5, 5.41) is 0. The second kappa shape index (κ2) is 3.99. The molecule has 0 saturated heterocycles. The zero-order chi connectivity index (χ0) is 9.84. The van der Waals surface area contributed by atoms with Gasteiger partial charge in [-0.15, -0.1) is 6.58 Å². The molecule has 0 aromatic heterocycles. The van der Waals surface area contributed by atoms with E-state index in [4.69, 9.17) is 0 Å². The van der Waals surface area contributed by atoms with Gasteiger partial charge in [0.25, 0.3) is 0 Å². The van der Waals surface area contributed by atoms with E-state index < -0.39 is 0 Å². The van der Waals surface area contributed by atoms with Gasteiger partial charge in [0.2, 0.25) is 0 Å². The van der Waals surface area contributed by atoms with Crippen LogP contribution in [-0.2, 0) is 6.42 Å². The van der Waals surface area contributed by atoms with Crippen LogP contribution in [-0.4, -0.2) is 5.78 Å². The molecule has 2 heteroatoms. The Morgan fingerprint density at radius 3 is 2.77 bits per heavy atom. The lowest BCUT2D eigenvalue weighted by Crippen LogP contribution is -1.95. The van der Waals surface area contributed by atoms with Crippen LogP contribution in [0.5, 0.6) is 0 Å². The van der Waals surface area contributed by atoms with E-state index in [2.05, 4.69) is 6.58 Å². The molecule has 0 aliphatic rings. The number of halogens is 1. The molecule has 0 aliphatic carbocycles. The zero-order valence-corrected chi connectivity index (χ0v) is 7.51. The van der Waals surface area contributed by atoms with Crippen molar-refractivity contribution in [2.75, 3.05) is 0 Å². The Balaban J connectivity index is 3.04. The second-order valence-corrected chi connectivity index (χ2v) is 2.86. The van der Waals surface area contributed by atoms with Crippen molar-refractivity contribution < 1.29 is 9.18 Å². The third kappa shape index (κ3) is 2.25. The van der Waals surface area contributed by atoms with Crippen molar-refractivity contribution >= 4 is 5.78 Å². The molecule has 1 rings (SSSR count). The molecule has 0 saturated carbocycles. The van der Waals surface area contributed by atoms with Crippen molar-refractivity contribution in [3.8, 4) is 0 Å². The second-order valence-electron chi connectivity index (χ2n) is 2.86. The summed E-state index contributed by atoms with van der Waals surface area (Å²) in [5.41, 5.74) is 0.977. The quantitative estimate of drug-likeness (QED) is 0.513. The third-order valence-corrected chi connectivity index (χ3v) is 1.82. The molecule has 0 aliphatic heterocycles. The Morgan fingerprint density at radius 1 is 1.62 bits per heavy atom. The molecule has 0 atom stereocenters. The molecule has 68 valence electrons. The Morgan fingerprint density at radius 2 is 2.31 bits per heavy atom. The van der Waals surface area contributed by atoms with Gasteiger partial charge >= 0.3 is 0 Å². The molecule has 1 nitrogen and oxygen atoms in total. The standard InChI is InChI=1S/C11H11FO/c1-3-4-9-5-6-10(8(2)13)7-11(9)12/h3,5-7H,1,4H2,2H3. The van der Waals surface area contributed by atoms with Gasteiger partial charge in [-0.3, -0.25) is 4.79 Å². The van der Waals surface area contributed by atoms with Crippen molar-refractivity contribution in [3.05, 3.63) is 47.8 Å². The van der Waals surface area contributed by atoms with Crippen LogP contribution < -0.4 is 0 Å². The average molecular weight is 178 g/mol. The Hall–Kier alpha value is -1.44. The summed E-state index contributed by atoms with van der Waals surface area (Å²) < 4.78 is 13.2. The summed E-state index contributed by atoms with van der Waals surface area (Å²) in [6.07, 6.45) is 2.12. The minimum atomic E-state index is -0.340. The molecule has 1 aromatic rings. The number of rotatable bonds is 3. The lowest BCUT2D eigenvalue weighted by Gasteiger charge is -2.01. The molecule has 0 radical (unpaired) electrons. The summed E-state index contributed by atoms with van der Waals surface area (Å²) in [7, 11) is 0. The smallest absolute Gasteiger partial charge is 0.159 e. The number of hydrogen-bond acceptors (Lipinski definition) is 1. The topological polar surface area (TPSA) is 17.1 Å². The van der Waals surface area contributed by atoms with Gasteiger partial charge in [0.15, 0.2) is 5.78 Å². The van der Waals surface area contributed by atoms with Crippen molar-refractivity contribution in [1.82, 2.24) is 0 Å². The minimum Gasteiger partial charge on any atom is -0.295 e. The first-order chi connectivity index (χ1) is 6.15. The van der Waals surface area contributed by atoms with Crippen LogP contribution in [0.25, 0.3) is 0 Å². The van der Waals surface area contributed by atoms with Crippen LogP contribution in [0.2, 0.25) is 0 Å². The highest BCUT2D eigenvalue weighted by atomic mass is 19.1. The number of benzene rings is 1. The lowest BCUT2D eigenvalue weighted by molar-refractivity contribution is 0.101. The zero-order valence-electron chi connectivity index (χ0n) is 7.51. The maximum absolute atomic E-state index is 13.2. The number of Topliss-reactive ketones (excluding diaryl/α,β-unsaturated/α-hetero) is 1. The number of ketones is 1. The van der Waals surface area contributed by atoms with E-state index in [1.165, 1.54) is 13.0 Å². The number of hydrogen-bond donors (Lipinski definition) is 0. The van der Waals surface area contributed by atoms with E-state index in [-0.39, 0.29) is 11.6 Å². The monoisotopic (exact) mass is 178 g/mol. The predicted octanol–water partition coefficient (Wildman–Crippen LogP) is 2.76. The van der Waals surface area contributed by atoms with Crippen LogP contribution in [0.15, 0.2) is 30.9 Å². The summed E-state index contributed by atoms with van der Waals surface area (Å²) in [6.45, 7) is 4.94. The van der Waals surface area contributed by atoms with E-state index in [1.807, 2.05) is 0 Å². The molecule has 0 amide bonds. The molecule has 0 heterocycles. The summed E-state index contributed by atoms with van der Waals surface area (Å²) >= 11 is 0. The summed E-state index contributed by atoms with van der Waals surface area (Å²) in [6, 6.07) is 4.51. The number of carbonyl (C=O) groups excluding carboxylic acids is 1. The SMILES string of the molecule is C=CCc1ccc(C(C)=O)cc1F. The van der Waals surface area contributed by atoms with E-state index in [0.29, 0.717) is 17.5 Å². The number of allylic oxidation sites excluding steroid dienone is 1. The van der Waals surface area contributed by atoms with Crippen LogP contribution in [0.1, 0.15) is 22.8 Å². The van der Waals surface area contributed by atoms with Crippen molar-refractivity contribution in [1.29, 1.82) is 0 Å². The molecular weight excluding hydrogens is 167 g/mol. The highest BCUT2D eigenvalue weighted by molar-refractivity contribution is 5.94. The van der Waals surface area contributed by atoms with Crippen molar-refractivity contribution in [2.45, 2.75) is 13.3 Å². The van der Waals surface area contributed by atoms with Gasteiger partial charge in [-0.2, -0.15) is 0 Å². The summed E-state index contributed by atoms with van der Waals surface area (Å²) in [5.74, 6) is -0.461. The molecular formula is C11H11FO. The van der Waals surface area contributed by atoms with Gasteiger partial charge in [-0.1, -0.05) is 18.2 Å². The van der Waals surface area contributed by atoms with Crippen LogP contribution >= 0.6 is 0 Å². The number of carbonyl (C=O) groups is 1. The average Bonchev–Trinajstić information content (AvgIpc) is 2.08. The van der Waals surface area contributed by atoms with Gasteiger partial charge in [0.05, 0.1) is 0 Å². The first-order valence-electron chi connectivity index (χ1n) is 4.05. The van der Waals surface area contributed by atoms with Gasteiger partial charge in [-0.05, 0) is 25.0 Å². The van der Waals surface area contributed by atoms with Gasteiger partial charge in [-0.25, -0.2) is 4.39 Å². The third-order valence-electron chi connectivity index (χ3n) is 1.82. The first-order valence-corrected chi connectivity index (χ1v) is 4.05. The Labute approximate surface area is 76.9 Å².